The van der Waals surface area contributed by atoms with Crippen molar-refractivity contribution >= 4 is 0 Å². The molecule has 0 aliphatic heterocycles. The van der Waals surface area contributed by atoms with Gasteiger partial charge in [0.1, 0.15) is 0 Å². The molecule has 0 aliphatic rings. The third-order valence-electron chi connectivity index (χ3n) is 4.86. The summed E-state index contributed by atoms with van der Waals surface area (Å²) in [7, 11) is 0. The highest BCUT2D eigenvalue weighted by Crippen LogP contribution is 2.21. The normalized spacial score (nSPS) is 12.7. The maximum Gasteiger partial charge on any atom is -0.00746 e. The largest absolute Gasteiger partial charge is 0.330 e. The van der Waals surface area contributed by atoms with Crippen LogP contribution in [0.3, 0.4) is 0 Å². The third kappa shape index (κ3) is 16.3. The lowest BCUT2D eigenvalue weighted by Crippen LogP contribution is -2.09. The molecule has 0 aromatic carbocycles. The highest BCUT2D eigenvalue weighted by molar-refractivity contribution is 4.61. The number of rotatable bonds is 18. The molecule has 22 heavy (non-hydrogen) atoms. The molecule has 2 nitrogen and oxygen atoms in total. The topological polar surface area (TPSA) is 52.0 Å². The summed E-state index contributed by atoms with van der Waals surface area (Å²) in [4.78, 5) is 0. The van der Waals surface area contributed by atoms with Gasteiger partial charge in [-0.1, -0.05) is 96.8 Å². The van der Waals surface area contributed by atoms with E-state index in [0.717, 1.165) is 19.0 Å². The summed E-state index contributed by atoms with van der Waals surface area (Å²) in [5.74, 6) is 0.893. The Labute approximate surface area is 140 Å². The summed E-state index contributed by atoms with van der Waals surface area (Å²) in [5, 5.41) is 0. The first-order valence-electron chi connectivity index (χ1n) is 10.2. The minimum absolute atomic E-state index is 0.858. The van der Waals surface area contributed by atoms with E-state index in [0.29, 0.717) is 0 Å². The molecule has 0 heterocycles. The fourth-order valence-electron chi connectivity index (χ4n) is 3.34. The summed E-state index contributed by atoms with van der Waals surface area (Å²) >= 11 is 0. The van der Waals surface area contributed by atoms with Crippen LogP contribution < -0.4 is 11.5 Å². The van der Waals surface area contributed by atoms with Gasteiger partial charge in [0.15, 0.2) is 0 Å². The predicted molar refractivity (Wildman–Crippen MR) is 101 cm³/mol. The fraction of sp³-hybridized carbons (Fsp3) is 1.00. The highest BCUT2D eigenvalue weighted by Gasteiger charge is 2.07. The second kappa shape index (κ2) is 19.0. The minimum atomic E-state index is 0.858. The average Bonchev–Trinajstić information content (AvgIpc) is 2.53. The summed E-state index contributed by atoms with van der Waals surface area (Å²) in [5.41, 5.74) is 11.3. The molecule has 0 saturated carbocycles. The molecule has 0 aromatic rings. The third-order valence-corrected chi connectivity index (χ3v) is 4.86. The SMILES string of the molecule is CCCCCCCCCC(CCN)CCCCCCCCN. The Morgan fingerprint density at radius 3 is 1.41 bits per heavy atom. The molecular weight excluding hydrogens is 268 g/mol. The van der Waals surface area contributed by atoms with Gasteiger partial charge in [-0.2, -0.15) is 0 Å². The van der Waals surface area contributed by atoms with Crippen LogP contribution in [0.2, 0.25) is 0 Å². The fourth-order valence-corrected chi connectivity index (χ4v) is 3.34. The Hall–Kier alpha value is -0.0800. The first kappa shape index (κ1) is 21.9. The van der Waals surface area contributed by atoms with Gasteiger partial charge in [0.25, 0.3) is 0 Å². The van der Waals surface area contributed by atoms with Crippen LogP contribution in [0.25, 0.3) is 0 Å². The Bertz CT molecular complexity index is 176. The maximum absolute atomic E-state index is 5.79. The highest BCUT2D eigenvalue weighted by atomic mass is 14.5. The Morgan fingerprint density at radius 2 is 0.955 bits per heavy atom. The number of nitrogens with two attached hydrogens (primary N) is 2. The molecule has 0 rings (SSSR count). The van der Waals surface area contributed by atoms with Crippen molar-refractivity contribution in [3.05, 3.63) is 0 Å². The van der Waals surface area contributed by atoms with Gasteiger partial charge in [-0.25, -0.2) is 0 Å². The zero-order valence-electron chi connectivity index (χ0n) is 15.5. The lowest BCUT2D eigenvalue weighted by molar-refractivity contribution is 0.384. The van der Waals surface area contributed by atoms with Crippen LogP contribution in [-0.4, -0.2) is 13.1 Å². The van der Waals surface area contributed by atoms with Gasteiger partial charge in [-0.05, 0) is 31.8 Å². The molecule has 0 amide bonds. The van der Waals surface area contributed by atoms with E-state index in [2.05, 4.69) is 6.92 Å². The summed E-state index contributed by atoms with van der Waals surface area (Å²) in [6.07, 6.45) is 22.1. The molecule has 0 aliphatic carbocycles. The summed E-state index contributed by atoms with van der Waals surface area (Å²) in [6, 6.07) is 0. The van der Waals surface area contributed by atoms with Crippen molar-refractivity contribution in [2.75, 3.05) is 13.1 Å². The van der Waals surface area contributed by atoms with Crippen molar-refractivity contribution < 1.29 is 0 Å². The van der Waals surface area contributed by atoms with Gasteiger partial charge >= 0.3 is 0 Å². The van der Waals surface area contributed by atoms with Crippen molar-refractivity contribution in [3.8, 4) is 0 Å². The minimum Gasteiger partial charge on any atom is -0.330 e. The van der Waals surface area contributed by atoms with E-state index in [9.17, 15) is 0 Å². The first-order chi connectivity index (χ1) is 10.8. The van der Waals surface area contributed by atoms with Crippen LogP contribution >= 0.6 is 0 Å². The van der Waals surface area contributed by atoms with Crippen molar-refractivity contribution in [2.45, 2.75) is 110 Å². The smallest absolute Gasteiger partial charge is 0.00746 e. The molecule has 0 aromatic heterocycles. The van der Waals surface area contributed by atoms with E-state index < -0.39 is 0 Å². The van der Waals surface area contributed by atoms with E-state index in [1.807, 2.05) is 0 Å². The quantitative estimate of drug-likeness (QED) is 0.315. The molecule has 134 valence electrons. The zero-order valence-corrected chi connectivity index (χ0v) is 15.5. The van der Waals surface area contributed by atoms with E-state index >= 15 is 0 Å². The lowest BCUT2D eigenvalue weighted by Gasteiger charge is -2.16. The van der Waals surface area contributed by atoms with Gasteiger partial charge < -0.3 is 11.5 Å². The van der Waals surface area contributed by atoms with Crippen molar-refractivity contribution in [1.29, 1.82) is 0 Å². The van der Waals surface area contributed by atoms with Gasteiger partial charge in [0.2, 0.25) is 0 Å². The van der Waals surface area contributed by atoms with Crippen molar-refractivity contribution in [3.63, 3.8) is 0 Å². The standard InChI is InChI=1S/C20H44N2/c1-2-3-4-5-6-9-12-15-20(17-19-22)16-13-10-7-8-11-14-18-21/h20H,2-19,21-22H2,1H3. The second-order valence-corrected chi connectivity index (χ2v) is 7.05. The van der Waals surface area contributed by atoms with Crippen LogP contribution in [0.1, 0.15) is 110 Å². The van der Waals surface area contributed by atoms with Crippen LogP contribution in [0.15, 0.2) is 0 Å². The van der Waals surface area contributed by atoms with Crippen LogP contribution in [-0.2, 0) is 0 Å². The summed E-state index contributed by atoms with van der Waals surface area (Å²) < 4.78 is 0. The second-order valence-electron chi connectivity index (χ2n) is 7.05. The molecule has 1 unspecified atom stereocenters. The molecule has 0 saturated heterocycles. The molecule has 0 bridgehead atoms. The van der Waals surface area contributed by atoms with E-state index in [1.165, 1.54) is 103 Å². The number of unbranched alkanes of at least 4 members (excludes halogenated alkanes) is 11. The molecule has 0 radical (unpaired) electrons. The Morgan fingerprint density at radius 1 is 0.500 bits per heavy atom. The van der Waals surface area contributed by atoms with Crippen LogP contribution in [0.5, 0.6) is 0 Å². The Balaban J connectivity index is 3.44. The molecule has 1 atom stereocenters. The van der Waals surface area contributed by atoms with E-state index in [4.69, 9.17) is 11.5 Å². The number of hydrogen-bond acceptors (Lipinski definition) is 2. The molecule has 0 fully saturated rings. The molecule has 0 spiro atoms. The number of hydrogen-bond donors (Lipinski definition) is 2. The van der Waals surface area contributed by atoms with Crippen molar-refractivity contribution in [2.24, 2.45) is 17.4 Å². The Kier molecular flexibility index (Phi) is 18.9. The lowest BCUT2D eigenvalue weighted by atomic mass is 9.91. The van der Waals surface area contributed by atoms with Gasteiger partial charge in [0, 0.05) is 0 Å². The predicted octanol–water partition coefficient (Wildman–Crippen LogP) is 5.78. The monoisotopic (exact) mass is 312 g/mol. The van der Waals surface area contributed by atoms with Gasteiger partial charge in [-0.15, -0.1) is 0 Å². The molecule has 2 heteroatoms. The average molecular weight is 313 g/mol. The first-order valence-corrected chi connectivity index (χ1v) is 10.2. The van der Waals surface area contributed by atoms with Crippen molar-refractivity contribution in [1.82, 2.24) is 0 Å². The zero-order chi connectivity index (χ0) is 16.3. The molecular formula is C20H44N2. The van der Waals surface area contributed by atoms with Gasteiger partial charge in [0.05, 0.1) is 0 Å². The molecule has 4 N–H and O–H groups in total. The maximum atomic E-state index is 5.79. The van der Waals surface area contributed by atoms with E-state index in [1.54, 1.807) is 0 Å². The van der Waals surface area contributed by atoms with Crippen LogP contribution in [0.4, 0.5) is 0 Å². The van der Waals surface area contributed by atoms with Gasteiger partial charge in [-0.3, -0.25) is 0 Å². The summed E-state index contributed by atoms with van der Waals surface area (Å²) in [6.45, 7) is 4.02. The van der Waals surface area contributed by atoms with Crippen LogP contribution in [0, 0.1) is 5.92 Å². The van der Waals surface area contributed by atoms with E-state index in [-0.39, 0.29) is 0 Å².